The van der Waals surface area contributed by atoms with Gasteiger partial charge in [0.1, 0.15) is 0 Å². The van der Waals surface area contributed by atoms with Crippen molar-refractivity contribution in [1.29, 1.82) is 0 Å². The van der Waals surface area contributed by atoms with E-state index in [2.05, 4.69) is 5.32 Å². The van der Waals surface area contributed by atoms with Gasteiger partial charge in [0.25, 0.3) is 0 Å². The van der Waals surface area contributed by atoms with Crippen LogP contribution in [0.1, 0.15) is 38.5 Å². The molecule has 1 saturated carbocycles. The van der Waals surface area contributed by atoms with Crippen molar-refractivity contribution >= 4 is 15.7 Å². The molecule has 1 unspecified atom stereocenters. The summed E-state index contributed by atoms with van der Waals surface area (Å²) in [5.74, 6) is -0.108. The molecule has 108 valence electrons. The monoisotopic (exact) mass is 286 g/mol. The summed E-state index contributed by atoms with van der Waals surface area (Å²) < 4.78 is 22.7. The van der Waals surface area contributed by atoms with Gasteiger partial charge in [-0.3, -0.25) is 4.79 Å². The first-order valence-electron chi connectivity index (χ1n) is 6.89. The number of nitrogens with one attached hydrogen (secondary N) is 1. The highest BCUT2D eigenvalue weighted by molar-refractivity contribution is 7.94. The number of hydrogen-bond donors (Lipinski definition) is 2. The second-order valence-electron chi connectivity index (χ2n) is 5.64. The molecule has 3 N–H and O–H groups in total. The molecule has 1 fully saturated rings. The van der Waals surface area contributed by atoms with E-state index in [0.29, 0.717) is 6.54 Å². The number of amides is 1. The normalized spacial score (nSPS) is 28.8. The van der Waals surface area contributed by atoms with Gasteiger partial charge in [-0.2, -0.15) is 0 Å². The van der Waals surface area contributed by atoms with Crippen molar-refractivity contribution in [1.82, 2.24) is 5.32 Å². The van der Waals surface area contributed by atoms with Crippen LogP contribution in [0.15, 0.2) is 11.5 Å². The maximum Gasteiger partial charge on any atom is 0.227 e. The molecule has 0 spiro atoms. The van der Waals surface area contributed by atoms with E-state index in [-0.39, 0.29) is 11.7 Å². The van der Waals surface area contributed by atoms with Crippen LogP contribution < -0.4 is 11.1 Å². The summed E-state index contributed by atoms with van der Waals surface area (Å²) >= 11 is 0. The fourth-order valence-electron chi connectivity index (χ4n) is 2.92. The van der Waals surface area contributed by atoms with Gasteiger partial charge >= 0.3 is 0 Å². The Morgan fingerprint density at radius 1 is 1.26 bits per heavy atom. The first kappa shape index (κ1) is 14.5. The van der Waals surface area contributed by atoms with E-state index >= 15 is 0 Å². The van der Waals surface area contributed by atoms with Crippen LogP contribution in [-0.2, 0) is 14.6 Å². The van der Waals surface area contributed by atoms with Crippen molar-refractivity contribution in [2.45, 2.75) is 44.6 Å². The molecule has 1 aliphatic heterocycles. The van der Waals surface area contributed by atoms with Crippen LogP contribution in [0.5, 0.6) is 0 Å². The molecular formula is C13H22N2O3S. The van der Waals surface area contributed by atoms with Crippen molar-refractivity contribution in [2.75, 3.05) is 12.3 Å². The summed E-state index contributed by atoms with van der Waals surface area (Å²) in [4.78, 5) is 12.5. The zero-order valence-electron chi connectivity index (χ0n) is 11.1. The molecule has 0 radical (unpaired) electrons. The van der Waals surface area contributed by atoms with E-state index in [4.69, 9.17) is 5.73 Å². The molecule has 2 aliphatic rings. The van der Waals surface area contributed by atoms with Crippen molar-refractivity contribution in [3.8, 4) is 0 Å². The lowest BCUT2D eigenvalue weighted by atomic mass is 9.79. The van der Waals surface area contributed by atoms with E-state index in [9.17, 15) is 13.2 Å². The predicted molar refractivity (Wildman–Crippen MR) is 74.0 cm³/mol. The Morgan fingerprint density at radius 2 is 1.89 bits per heavy atom. The molecule has 19 heavy (non-hydrogen) atoms. The van der Waals surface area contributed by atoms with Crippen LogP contribution in [0, 0.1) is 5.41 Å². The molecule has 5 nitrogen and oxygen atoms in total. The second kappa shape index (κ2) is 5.63. The number of hydrogen-bond acceptors (Lipinski definition) is 4. The van der Waals surface area contributed by atoms with Crippen molar-refractivity contribution in [3.63, 3.8) is 0 Å². The summed E-state index contributed by atoms with van der Waals surface area (Å²) in [5, 5.41) is 4.02. The average Bonchev–Trinajstić information content (AvgIpc) is 2.59. The molecule has 1 aliphatic carbocycles. The Morgan fingerprint density at radius 3 is 2.37 bits per heavy atom. The number of rotatable bonds is 3. The minimum Gasteiger partial charge on any atom is -0.348 e. The van der Waals surface area contributed by atoms with Crippen molar-refractivity contribution in [2.24, 2.45) is 11.1 Å². The zero-order chi connectivity index (χ0) is 13.9. The van der Waals surface area contributed by atoms with Gasteiger partial charge in [0.05, 0.1) is 17.2 Å². The standard InChI is InChI=1S/C13H22N2O3S/c14-10-13(6-3-1-2-4-7-13)12(16)15-11-5-8-19(17,18)9-11/h5,8,11H,1-4,6-7,9-10,14H2,(H,15,16). The highest BCUT2D eigenvalue weighted by Crippen LogP contribution is 2.34. The Bertz CT molecular complexity index is 462. The Hall–Kier alpha value is -0.880. The fraction of sp³-hybridized carbons (Fsp3) is 0.769. The molecule has 0 aromatic heterocycles. The number of carbonyl (C=O) groups excluding carboxylic acids is 1. The molecule has 1 heterocycles. The van der Waals surface area contributed by atoms with Crippen LogP contribution in [0.2, 0.25) is 0 Å². The lowest BCUT2D eigenvalue weighted by molar-refractivity contribution is -0.131. The average molecular weight is 286 g/mol. The molecule has 0 aromatic carbocycles. The molecule has 0 aromatic rings. The van der Waals surface area contributed by atoms with Gasteiger partial charge in [-0.1, -0.05) is 25.7 Å². The lowest BCUT2D eigenvalue weighted by Crippen LogP contribution is -2.49. The largest absolute Gasteiger partial charge is 0.348 e. The van der Waals surface area contributed by atoms with E-state index in [1.165, 1.54) is 5.41 Å². The van der Waals surface area contributed by atoms with Gasteiger partial charge in [-0.25, -0.2) is 8.42 Å². The fourth-order valence-corrected chi connectivity index (χ4v) is 4.15. The SMILES string of the molecule is NCC1(C(=O)NC2C=CS(=O)(=O)C2)CCCCCC1. The predicted octanol–water partition coefficient (Wildman–Crippen LogP) is 0.713. The Labute approximate surface area is 114 Å². The van der Waals surface area contributed by atoms with Gasteiger partial charge in [-0.15, -0.1) is 0 Å². The van der Waals surface area contributed by atoms with Gasteiger partial charge in [0.15, 0.2) is 9.84 Å². The van der Waals surface area contributed by atoms with Crippen molar-refractivity contribution < 1.29 is 13.2 Å². The Balaban J connectivity index is 2.03. The summed E-state index contributed by atoms with van der Waals surface area (Å²) in [5.41, 5.74) is 5.34. The quantitative estimate of drug-likeness (QED) is 0.748. The maximum absolute atomic E-state index is 12.5. The first-order valence-corrected chi connectivity index (χ1v) is 8.61. The maximum atomic E-state index is 12.5. The topological polar surface area (TPSA) is 89.3 Å². The van der Waals surface area contributed by atoms with Crippen LogP contribution in [0.3, 0.4) is 0 Å². The van der Waals surface area contributed by atoms with Crippen LogP contribution >= 0.6 is 0 Å². The van der Waals surface area contributed by atoms with E-state index in [0.717, 1.165) is 38.5 Å². The first-order chi connectivity index (χ1) is 8.97. The lowest BCUT2D eigenvalue weighted by Gasteiger charge is -2.31. The summed E-state index contributed by atoms with van der Waals surface area (Å²) in [7, 11) is -3.13. The Kier molecular flexibility index (Phi) is 4.30. The van der Waals surface area contributed by atoms with Crippen molar-refractivity contribution in [3.05, 3.63) is 11.5 Å². The second-order valence-corrected chi connectivity index (χ2v) is 7.57. The highest BCUT2D eigenvalue weighted by atomic mass is 32.2. The molecule has 0 bridgehead atoms. The zero-order valence-corrected chi connectivity index (χ0v) is 11.9. The molecular weight excluding hydrogens is 264 g/mol. The van der Waals surface area contributed by atoms with Crippen LogP contribution in [-0.4, -0.2) is 32.7 Å². The molecule has 2 rings (SSSR count). The van der Waals surface area contributed by atoms with Gasteiger partial charge in [-0.05, 0) is 18.9 Å². The van der Waals surface area contributed by atoms with E-state index < -0.39 is 21.3 Å². The molecule has 1 amide bonds. The van der Waals surface area contributed by atoms with Crippen LogP contribution in [0.4, 0.5) is 0 Å². The number of carbonyl (C=O) groups is 1. The number of sulfone groups is 1. The van der Waals surface area contributed by atoms with Gasteiger partial charge in [0.2, 0.25) is 5.91 Å². The third-order valence-electron chi connectivity index (χ3n) is 4.18. The summed E-state index contributed by atoms with van der Waals surface area (Å²) in [6, 6.07) is -0.399. The third kappa shape index (κ3) is 3.36. The van der Waals surface area contributed by atoms with E-state index in [1.807, 2.05) is 0 Å². The molecule has 0 saturated heterocycles. The van der Waals surface area contributed by atoms with Crippen LogP contribution in [0.25, 0.3) is 0 Å². The van der Waals surface area contributed by atoms with E-state index in [1.54, 1.807) is 6.08 Å². The number of nitrogens with two attached hydrogens (primary N) is 1. The van der Waals surface area contributed by atoms with Gasteiger partial charge < -0.3 is 11.1 Å². The smallest absolute Gasteiger partial charge is 0.227 e. The minimum absolute atomic E-state index is 0.0284. The third-order valence-corrected chi connectivity index (χ3v) is 5.58. The highest BCUT2D eigenvalue weighted by Gasteiger charge is 2.38. The summed E-state index contributed by atoms with van der Waals surface area (Å²) in [6.07, 6.45) is 7.48. The van der Waals surface area contributed by atoms with Gasteiger partial charge in [0, 0.05) is 12.0 Å². The molecule has 1 atom stereocenters. The summed E-state index contributed by atoms with van der Waals surface area (Å²) in [6.45, 7) is 0.335. The minimum atomic E-state index is -3.13. The molecule has 6 heteroatoms.